The Morgan fingerprint density at radius 2 is 2.05 bits per heavy atom. The quantitative estimate of drug-likeness (QED) is 0.878. The predicted octanol–water partition coefficient (Wildman–Crippen LogP) is 0.780. The molecule has 0 aliphatic carbocycles. The zero-order valence-electron chi connectivity index (χ0n) is 12.5. The maximum absolute atomic E-state index is 12.7. The van der Waals surface area contributed by atoms with Gasteiger partial charge in [0.25, 0.3) is 5.91 Å². The molecule has 0 radical (unpaired) electrons. The van der Waals surface area contributed by atoms with Crippen LogP contribution >= 0.6 is 0 Å². The largest absolute Gasteiger partial charge is 0.336 e. The number of nitrogens with zero attached hydrogens (tertiary/aromatic N) is 5. The highest BCUT2D eigenvalue weighted by atomic mass is 16.2. The molecule has 7 nitrogen and oxygen atoms in total. The molecule has 2 aromatic heterocycles. The van der Waals surface area contributed by atoms with Gasteiger partial charge in [0.05, 0.1) is 12.4 Å². The third-order valence-corrected chi connectivity index (χ3v) is 3.46. The fraction of sp³-hybridized carbons (Fsp3) is 0.429. The fourth-order valence-corrected chi connectivity index (χ4v) is 2.14. The summed E-state index contributed by atoms with van der Waals surface area (Å²) in [6.07, 6.45) is 3.92. The van der Waals surface area contributed by atoms with Crippen LogP contribution in [0.4, 0.5) is 0 Å². The molecule has 0 spiro atoms. The summed E-state index contributed by atoms with van der Waals surface area (Å²) >= 11 is 0. The lowest BCUT2D eigenvalue weighted by Gasteiger charge is -2.26. The zero-order chi connectivity index (χ0) is 15.4. The number of carbonyl (C=O) groups excluding carboxylic acids is 1. The summed E-state index contributed by atoms with van der Waals surface area (Å²) in [6.45, 7) is 4.26. The van der Waals surface area contributed by atoms with Crippen molar-refractivity contribution in [2.24, 2.45) is 5.73 Å². The Labute approximate surface area is 123 Å². The summed E-state index contributed by atoms with van der Waals surface area (Å²) in [5.41, 5.74) is 7.38. The van der Waals surface area contributed by atoms with Gasteiger partial charge in [0.2, 0.25) is 0 Å². The van der Waals surface area contributed by atoms with Crippen LogP contribution in [0.3, 0.4) is 0 Å². The molecule has 2 aromatic rings. The van der Waals surface area contributed by atoms with Crippen molar-refractivity contribution in [2.75, 3.05) is 13.6 Å². The molecular formula is C14H20N6O. The van der Waals surface area contributed by atoms with E-state index in [1.54, 1.807) is 30.4 Å². The second-order valence-electron chi connectivity index (χ2n) is 4.85. The van der Waals surface area contributed by atoms with Gasteiger partial charge in [-0.1, -0.05) is 6.92 Å². The molecule has 7 heteroatoms. The van der Waals surface area contributed by atoms with Crippen molar-refractivity contribution in [2.45, 2.75) is 26.3 Å². The van der Waals surface area contributed by atoms with Gasteiger partial charge >= 0.3 is 0 Å². The summed E-state index contributed by atoms with van der Waals surface area (Å²) in [6, 6.07) is 3.61. The molecule has 0 saturated carbocycles. The Bertz CT molecular complexity index is 606. The van der Waals surface area contributed by atoms with E-state index in [-0.39, 0.29) is 11.9 Å². The van der Waals surface area contributed by atoms with E-state index in [0.717, 1.165) is 12.1 Å². The normalized spacial score (nSPS) is 12.2. The van der Waals surface area contributed by atoms with Crippen LogP contribution in [0, 0.1) is 6.92 Å². The van der Waals surface area contributed by atoms with Gasteiger partial charge in [-0.05, 0) is 25.5 Å². The molecular weight excluding hydrogens is 268 g/mol. The van der Waals surface area contributed by atoms with Gasteiger partial charge in [-0.25, -0.2) is 4.98 Å². The lowest BCUT2D eigenvalue weighted by molar-refractivity contribution is 0.0726. The van der Waals surface area contributed by atoms with Crippen LogP contribution in [0.25, 0.3) is 5.69 Å². The van der Waals surface area contributed by atoms with Gasteiger partial charge in [-0.3, -0.25) is 4.79 Å². The number of rotatable bonds is 5. The number of aromatic nitrogens is 4. The van der Waals surface area contributed by atoms with Gasteiger partial charge in [-0.15, -0.1) is 4.80 Å². The first-order chi connectivity index (χ1) is 10.1. The smallest absolute Gasteiger partial charge is 0.274 e. The average molecular weight is 288 g/mol. The van der Waals surface area contributed by atoms with Crippen molar-refractivity contribution in [1.82, 2.24) is 24.9 Å². The van der Waals surface area contributed by atoms with E-state index >= 15 is 0 Å². The maximum Gasteiger partial charge on any atom is 0.274 e. The van der Waals surface area contributed by atoms with Crippen molar-refractivity contribution in [3.8, 4) is 5.69 Å². The lowest BCUT2D eigenvalue weighted by Crippen LogP contribution is -2.42. The Kier molecular flexibility index (Phi) is 4.64. The van der Waals surface area contributed by atoms with Crippen molar-refractivity contribution >= 4 is 5.91 Å². The SMILES string of the molecule is CC[C@@H](CN)N(C)C(=O)c1nc(C)ccc1-n1nccn1. The molecule has 21 heavy (non-hydrogen) atoms. The van der Waals surface area contributed by atoms with Crippen molar-refractivity contribution in [3.05, 3.63) is 35.9 Å². The minimum absolute atomic E-state index is 0.0155. The molecule has 112 valence electrons. The maximum atomic E-state index is 12.7. The van der Waals surface area contributed by atoms with Crippen LogP contribution in [0.5, 0.6) is 0 Å². The van der Waals surface area contributed by atoms with Crippen LogP contribution in [0.2, 0.25) is 0 Å². The number of pyridine rings is 1. The topological polar surface area (TPSA) is 89.9 Å². The summed E-state index contributed by atoms with van der Waals surface area (Å²) in [7, 11) is 1.74. The number of nitrogens with two attached hydrogens (primary N) is 1. The van der Waals surface area contributed by atoms with E-state index in [2.05, 4.69) is 15.2 Å². The first-order valence-corrected chi connectivity index (χ1v) is 6.90. The fourth-order valence-electron chi connectivity index (χ4n) is 2.14. The van der Waals surface area contributed by atoms with Crippen LogP contribution < -0.4 is 5.73 Å². The average Bonchev–Trinajstić information content (AvgIpc) is 3.01. The number of likely N-dealkylation sites (N-methyl/N-ethyl adjacent to an activating group) is 1. The van der Waals surface area contributed by atoms with Gasteiger partial charge in [0.15, 0.2) is 5.69 Å². The molecule has 2 heterocycles. The van der Waals surface area contributed by atoms with Crippen molar-refractivity contribution in [3.63, 3.8) is 0 Å². The minimum Gasteiger partial charge on any atom is -0.336 e. The monoisotopic (exact) mass is 288 g/mol. The number of hydrogen-bond acceptors (Lipinski definition) is 5. The molecule has 1 amide bonds. The number of aryl methyl sites for hydroxylation is 1. The third kappa shape index (κ3) is 3.08. The van der Waals surface area contributed by atoms with E-state index in [0.29, 0.717) is 17.9 Å². The summed E-state index contributed by atoms with van der Waals surface area (Å²) in [5.74, 6) is -0.177. The Morgan fingerprint density at radius 1 is 1.38 bits per heavy atom. The zero-order valence-corrected chi connectivity index (χ0v) is 12.5. The van der Waals surface area contributed by atoms with E-state index < -0.39 is 0 Å². The van der Waals surface area contributed by atoms with Gasteiger partial charge < -0.3 is 10.6 Å². The van der Waals surface area contributed by atoms with E-state index in [4.69, 9.17) is 5.73 Å². The summed E-state index contributed by atoms with van der Waals surface area (Å²) in [5, 5.41) is 8.15. The molecule has 0 saturated heterocycles. The predicted molar refractivity (Wildman–Crippen MR) is 79.1 cm³/mol. The van der Waals surface area contributed by atoms with Crippen LogP contribution in [0.15, 0.2) is 24.5 Å². The van der Waals surface area contributed by atoms with E-state index in [1.165, 1.54) is 4.80 Å². The summed E-state index contributed by atoms with van der Waals surface area (Å²) < 4.78 is 0. The molecule has 0 fully saturated rings. The Morgan fingerprint density at radius 3 is 2.62 bits per heavy atom. The minimum atomic E-state index is -0.177. The van der Waals surface area contributed by atoms with Gasteiger partial charge in [-0.2, -0.15) is 10.2 Å². The highest BCUT2D eigenvalue weighted by Gasteiger charge is 2.23. The molecule has 1 atom stereocenters. The summed E-state index contributed by atoms with van der Waals surface area (Å²) in [4.78, 5) is 20.1. The number of carbonyl (C=O) groups is 1. The lowest BCUT2D eigenvalue weighted by atomic mass is 10.1. The molecule has 0 unspecified atom stereocenters. The van der Waals surface area contributed by atoms with Gasteiger partial charge in [0.1, 0.15) is 5.69 Å². The Hall–Kier alpha value is -2.28. The molecule has 2 N–H and O–H groups in total. The highest BCUT2D eigenvalue weighted by molar-refractivity contribution is 5.95. The molecule has 2 rings (SSSR count). The van der Waals surface area contributed by atoms with Crippen LogP contribution in [-0.4, -0.2) is 50.4 Å². The number of amides is 1. The molecule has 0 aliphatic heterocycles. The second kappa shape index (κ2) is 6.45. The third-order valence-electron chi connectivity index (χ3n) is 3.46. The van der Waals surface area contributed by atoms with Gasteiger partial charge in [0, 0.05) is 25.3 Å². The molecule has 0 aliphatic rings. The first-order valence-electron chi connectivity index (χ1n) is 6.90. The highest BCUT2D eigenvalue weighted by Crippen LogP contribution is 2.15. The Balaban J connectivity index is 2.43. The number of hydrogen-bond donors (Lipinski definition) is 1. The van der Waals surface area contributed by atoms with E-state index in [1.807, 2.05) is 19.9 Å². The van der Waals surface area contributed by atoms with Crippen LogP contribution in [0.1, 0.15) is 29.5 Å². The van der Waals surface area contributed by atoms with E-state index in [9.17, 15) is 4.79 Å². The van der Waals surface area contributed by atoms with Crippen LogP contribution in [-0.2, 0) is 0 Å². The standard InChI is InChI=1S/C14H20N6O/c1-4-11(9-15)19(3)14(21)13-12(6-5-10(2)18-13)20-16-7-8-17-20/h5-8,11H,4,9,15H2,1-3H3/t11-/m0/s1. The van der Waals surface area contributed by atoms with Crippen molar-refractivity contribution in [1.29, 1.82) is 0 Å². The molecule has 0 aromatic carbocycles. The second-order valence-corrected chi connectivity index (χ2v) is 4.85. The molecule has 0 bridgehead atoms. The first kappa shape index (κ1) is 15.1. The van der Waals surface area contributed by atoms with Crippen molar-refractivity contribution < 1.29 is 4.79 Å².